The van der Waals surface area contributed by atoms with E-state index in [2.05, 4.69) is 29.0 Å². The van der Waals surface area contributed by atoms with Crippen molar-refractivity contribution in [2.75, 3.05) is 24.5 Å². The monoisotopic (exact) mass is 359 g/mol. The molecule has 1 saturated heterocycles. The van der Waals surface area contributed by atoms with Crippen LogP contribution in [0.25, 0.3) is 0 Å². The second kappa shape index (κ2) is 8.16. The number of piperazine rings is 1. The van der Waals surface area contributed by atoms with Gasteiger partial charge in [-0.3, -0.25) is 0 Å². The third kappa shape index (κ3) is 5.63. The van der Waals surface area contributed by atoms with Crippen LogP contribution in [0.15, 0.2) is 24.4 Å². The molecule has 1 aliphatic rings. The summed E-state index contributed by atoms with van der Waals surface area (Å²) in [4.78, 5) is 7.14. The molecule has 0 spiro atoms. The standard InChI is InChI=1S/C17H24F3N3S/c1-12(2)9-15-11-23(8-7-21-15)16-22-6-4-5-14(17(18,19)20)10-13(3)24-16/h4-6,10,12,15,21H,7-9,11H2,1-3H3/t15-/m0/s1. The van der Waals surface area contributed by atoms with E-state index in [-0.39, 0.29) is 0 Å². The van der Waals surface area contributed by atoms with Gasteiger partial charge >= 0.3 is 6.18 Å². The van der Waals surface area contributed by atoms with Gasteiger partial charge in [-0.2, -0.15) is 13.2 Å². The van der Waals surface area contributed by atoms with Gasteiger partial charge in [0.1, 0.15) is 0 Å². The topological polar surface area (TPSA) is 28.2 Å². The first kappa shape index (κ1) is 19.0. The van der Waals surface area contributed by atoms with Crippen molar-refractivity contribution >= 4 is 16.5 Å². The zero-order valence-electron chi connectivity index (χ0n) is 14.2. The van der Waals surface area contributed by atoms with E-state index >= 15 is 0 Å². The third-order valence-corrected chi connectivity index (χ3v) is 4.75. The summed E-state index contributed by atoms with van der Waals surface area (Å²) in [5.74, 6) is 0.595. The van der Waals surface area contributed by atoms with Crippen LogP contribution in [-0.4, -0.2) is 30.7 Å². The van der Waals surface area contributed by atoms with Crippen LogP contribution in [-0.2, 0) is 6.18 Å². The van der Waals surface area contributed by atoms with Gasteiger partial charge < -0.3 is 10.2 Å². The fourth-order valence-electron chi connectivity index (χ4n) is 2.77. The zero-order chi connectivity index (χ0) is 17.7. The molecule has 1 aromatic heterocycles. The van der Waals surface area contributed by atoms with Gasteiger partial charge in [-0.25, -0.2) is 4.98 Å². The van der Waals surface area contributed by atoms with Gasteiger partial charge in [-0.05, 0) is 37.5 Å². The molecule has 0 bridgehead atoms. The number of aryl methyl sites for hydroxylation is 1. The number of halogens is 3. The van der Waals surface area contributed by atoms with Gasteiger partial charge in [0.2, 0.25) is 0 Å². The largest absolute Gasteiger partial charge is 0.416 e. The van der Waals surface area contributed by atoms with Gasteiger partial charge in [0.15, 0.2) is 5.13 Å². The Morgan fingerprint density at radius 2 is 2.17 bits per heavy atom. The van der Waals surface area contributed by atoms with Crippen LogP contribution in [0.1, 0.15) is 30.7 Å². The highest BCUT2D eigenvalue weighted by atomic mass is 32.1. The van der Waals surface area contributed by atoms with E-state index in [0.29, 0.717) is 16.8 Å². The van der Waals surface area contributed by atoms with Crippen molar-refractivity contribution in [1.29, 1.82) is 0 Å². The fourth-order valence-corrected chi connectivity index (χ4v) is 3.65. The minimum Gasteiger partial charge on any atom is -0.345 e. The molecule has 0 aliphatic carbocycles. The van der Waals surface area contributed by atoms with E-state index in [0.717, 1.165) is 37.3 Å². The van der Waals surface area contributed by atoms with E-state index in [4.69, 9.17) is 0 Å². The second-order valence-electron chi connectivity index (χ2n) is 6.46. The second-order valence-corrected chi connectivity index (χ2v) is 7.67. The minimum atomic E-state index is -4.35. The van der Waals surface area contributed by atoms with Gasteiger partial charge in [0.05, 0.1) is 5.56 Å². The number of anilines is 1. The van der Waals surface area contributed by atoms with E-state index in [9.17, 15) is 13.2 Å². The van der Waals surface area contributed by atoms with Crippen LogP contribution >= 0.6 is 11.3 Å². The van der Waals surface area contributed by atoms with Crippen molar-refractivity contribution in [3.8, 4) is 0 Å². The van der Waals surface area contributed by atoms with Crippen molar-refractivity contribution < 1.29 is 13.2 Å². The summed E-state index contributed by atoms with van der Waals surface area (Å²) < 4.78 is 38.9. The molecule has 0 radical (unpaired) electrons. The van der Waals surface area contributed by atoms with Gasteiger partial charge in [0.25, 0.3) is 0 Å². The summed E-state index contributed by atoms with van der Waals surface area (Å²) in [5, 5.41) is 4.26. The van der Waals surface area contributed by atoms with Gasteiger partial charge in [-0.15, -0.1) is 11.3 Å². The number of hydrogen-bond acceptors (Lipinski definition) is 4. The van der Waals surface area contributed by atoms with Crippen LogP contribution in [0.5, 0.6) is 0 Å². The predicted molar refractivity (Wildman–Crippen MR) is 92.9 cm³/mol. The van der Waals surface area contributed by atoms with Crippen LogP contribution in [0.2, 0.25) is 0 Å². The maximum Gasteiger partial charge on any atom is 0.416 e. The van der Waals surface area contributed by atoms with Crippen molar-refractivity contribution in [3.63, 3.8) is 0 Å². The smallest absolute Gasteiger partial charge is 0.345 e. The Bertz CT molecular complexity index is 597. The van der Waals surface area contributed by atoms with Crippen LogP contribution in [0, 0.1) is 12.8 Å². The number of rotatable bonds is 3. The summed E-state index contributed by atoms with van der Waals surface area (Å²) >= 11 is 1.30. The Kier molecular flexibility index (Phi) is 6.46. The molecule has 1 aliphatic heterocycles. The molecule has 0 amide bonds. The SMILES string of the molecule is Cc1cc(C(F)(F)F)cccnc(N2CCN[C@@H](CC(C)C)C2)s1. The Morgan fingerprint density at radius 1 is 1.42 bits per heavy atom. The van der Waals surface area contributed by atoms with Gasteiger partial charge in [-0.1, -0.05) is 13.8 Å². The van der Waals surface area contributed by atoms with Gasteiger partial charge in [0, 0.05) is 36.8 Å². The Labute approximate surface area is 145 Å². The molecule has 0 saturated carbocycles. The quantitative estimate of drug-likeness (QED) is 0.866. The average Bonchev–Trinajstić information content (AvgIpc) is 2.56. The molecule has 2 rings (SSSR count). The van der Waals surface area contributed by atoms with E-state index < -0.39 is 11.7 Å². The highest BCUT2D eigenvalue weighted by Gasteiger charge is 2.30. The Balaban J connectivity index is 2.30. The molecule has 0 aromatic carbocycles. The molecule has 0 unspecified atom stereocenters. The van der Waals surface area contributed by atoms with Crippen molar-refractivity contribution in [1.82, 2.24) is 10.3 Å². The van der Waals surface area contributed by atoms with Crippen molar-refractivity contribution in [2.45, 2.75) is 39.4 Å². The lowest BCUT2D eigenvalue weighted by molar-refractivity contribution is -0.137. The summed E-state index contributed by atoms with van der Waals surface area (Å²) in [6.07, 6.45) is -1.84. The number of alkyl halides is 3. The summed E-state index contributed by atoms with van der Waals surface area (Å²) in [6, 6.07) is 3.98. The first-order chi connectivity index (χ1) is 11.3. The Hall–Kier alpha value is -1.34. The average molecular weight is 359 g/mol. The van der Waals surface area contributed by atoms with Crippen molar-refractivity contribution in [2.24, 2.45) is 5.92 Å². The number of nitrogens with zero attached hydrogens (tertiary/aromatic N) is 2. The lowest BCUT2D eigenvalue weighted by atomic mass is 10.0. The number of nitrogens with one attached hydrogen (secondary N) is 1. The molecule has 134 valence electrons. The lowest BCUT2D eigenvalue weighted by Gasteiger charge is -2.34. The molecule has 24 heavy (non-hydrogen) atoms. The Morgan fingerprint density at radius 3 is 2.83 bits per heavy atom. The zero-order valence-corrected chi connectivity index (χ0v) is 15.0. The van der Waals surface area contributed by atoms with E-state index in [1.165, 1.54) is 29.7 Å². The van der Waals surface area contributed by atoms with E-state index in [1.54, 1.807) is 6.92 Å². The van der Waals surface area contributed by atoms with Crippen molar-refractivity contribution in [3.05, 3.63) is 34.8 Å². The first-order valence-corrected chi connectivity index (χ1v) is 8.93. The predicted octanol–water partition coefficient (Wildman–Crippen LogP) is 4.42. The molecule has 7 heteroatoms. The first-order valence-electron chi connectivity index (χ1n) is 8.12. The fraction of sp³-hybridized carbons (Fsp3) is 0.588. The molecule has 1 atom stereocenters. The number of aromatic nitrogens is 1. The summed E-state index contributed by atoms with van der Waals surface area (Å²) in [7, 11) is 0. The summed E-state index contributed by atoms with van der Waals surface area (Å²) in [6.45, 7) is 8.56. The molecule has 1 aromatic rings. The minimum absolute atomic E-state index is 0.381. The van der Waals surface area contributed by atoms with E-state index in [1.807, 2.05) is 0 Å². The highest BCUT2D eigenvalue weighted by Crippen LogP contribution is 2.30. The maximum absolute atomic E-state index is 13.0. The molecular formula is C17H24F3N3S. The molecule has 1 N–H and O–H groups in total. The summed E-state index contributed by atoms with van der Waals surface area (Å²) in [5.41, 5.74) is -0.654. The lowest BCUT2D eigenvalue weighted by Crippen LogP contribution is -2.51. The maximum atomic E-state index is 13.0. The molecule has 3 nitrogen and oxygen atoms in total. The molecule has 1 fully saturated rings. The third-order valence-electron chi connectivity index (χ3n) is 3.77. The normalized spacial score (nSPS) is 18.6. The molecular weight excluding hydrogens is 335 g/mol. The van der Waals surface area contributed by atoms with Crippen LogP contribution in [0.4, 0.5) is 18.3 Å². The van der Waals surface area contributed by atoms with Crippen LogP contribution in [0.3, 0.4) is 0 Å². The number of hydrogen-bond donors (Lipinski definition) is 1. The highest BCUT2D eigenvalue weighted by molar-refractivity contribution is 7.15. The van der Waals surface area contributed by atoms with Crippen LogP contribution < -0.4 is 10.2 Å². The molecule has 2 heterocycles.